The Morgan fingerprint density at radius 1 is 0.304 bits per heavy atom. The van der Waals surface area contributed by atoms with Gasteiger partial charge in [0.05, 0.1) is 16.8 Å². The molecular formula is C53H34N2S. The summed E-state index contributed by atoms with van der Waals surface area (Å²) in [5.41, 5.74) is 17.2. The van der Waals surface area contributed by atoms with Crippen molar-refractivity contribution >= 4 is 11.8 Å². The van der Waals surface area contributed by atoms with Crippen LogP contribution in [0, 0.1) is 0 Å². The van der Waals surface area contributed by atoms with E-state index in [0.717, 1.165) is 33.6 Å². The summed E-state index contributed by atoms with van der Waals surface area (Å²) in [4.78, 5) is 13.0. The maximum atomic E-state index is 5.21. The molecule has 0 N–H and O–H groups in total. The van der Waals surface area contributed by atoms with Crippen LogP contribution in [0.4, 0.5) is 0 Å². The lowest BCUT2D eigenvalue weighted by Crippen LogP contribution is -2.31. The molecule has 3 heteroatoms. The molecule has 1 aliphatic carbocycles. The van der Waals surface area contributed by atoms with Gasteiger partial charge in [-0.05, 0) is 79.9 Å². The molecule has 0 saturated heterocycles. The number of nitrogens with zero attached hydrogens (tertiary/aromatic N) is 2. The van der Waals surface area contributed by atoms with E-state index in [-0.39, 0.29) is 5.41 Å². The molecule has 0 atom stereocenters. The quantitative estimate of drug-likeness (QED) is 0.176. The van der Waals surface area contributed by atoms with Crippen LogP contribution in [0.3, 0.4) is 0 Å². The summed E-state index contributed by atoms with van der Waals surface area (Å²) in [6, 6.07) is 74.3. The molecule has 56 heavy (non-hydrogen) atoms. The zero-order chi connectivity index (χ0) is 37.1. The fraction of sp³-hybridized carbons (Fsp3) is 0.0189. The largest absolute Gasteiger partial charge is 0.228 e. The zero-order valence-electron chi connectivity index (χ0n) is 30.4. The van der Waals surface area contributed by atoms with Crippen LogP contribution < -0.4 is 0 Å². The number of hydrogen-bond donors (Lipinski definition) is 0. The normalized spacial score (nSPS) is 13.1. The predicted octanol–water partition coefficient (Wildman–Crippen LogP) is 13.6. The van der Waals surface area contributed by atoms with Gasteiger partial charge in [-0.2, -0.15) is 0 Å². The summed E-state index contributed by atoms with van der Waals surface area (Å²) in [7, 11) is 0. The van der Waals surface area contributed by atoms with E-state index in [4.69, 9.17) is 9.97 Å². The van der Waals surface area contributed by atoms with Crippen molar-refractivity contribution < 1.29 is 0 Å². The van der Waals surface area contributed by atoms with Crippen molar-refractivity contribution in [2.45, 2.75) is 15.2 Å². The van der Waals surface area contributed by atoms with Crippen molar-refractivity contribution in [3.8, 4) is 67.3 Å². The molecule has 1 aromatic heterocycles. The van der Waals surface area contributed by atoms with E-state index in [1.807, 2.05) is 23.9 Å². The highest BCUT2D eigenvalue weighted by atomic mass is 32.2. The van der Waals surface area contributed by atoms with Gasteiger partial charge < -0.3 is 0 Å². The minimum atomic E-state index is -0.383. The molecule has 0 bridgehead atoms. The number of aromatic nitrogens is 2. The average molecular weight is 731 g/mol. The van der Waals surface area contributed by atoms with Gasteiger partial charge in [-0.15, -0.1) is 0 Å². The van der Waals surface area contributed by atoms with Crippen molar-refractivity contribution in [1.29, 1.82) is 0 Å². The molecule has 0 saturated carbocycles. The molecule has 2 heterocycles. The molecule has 9 aromatic rings. The first-order valence-electron chi connectivity index (χ1n) is 19.1. The molecule has 8 aromatic carbocycles. The third-order valence-electron chi connectivity index (χ3n) is 11.4. The average Bonchev–Trinajstić information content (AvgIpc) is 3.57. The van der Waals surface area contributed by atoms with E-state index < -0.39 is 0 Å². The SMILES string of the molecule is c1ccc(-c2ccc(-c3cc(-c4ccccc4)nc(-c4cccc(-c5ccc6c(c5)Sc5ccccc5C65c6ccccc6-c6ccccc65)c4)n3)cc2)cc1. The molecule has 0 radical (unpaired) electrons. The van der Waals surface area contributed by atoms with E-state index in [9.17, 15) is 0 Å². The fourth-order valence-corrected chi connectivity index (χ4v) is 10.1. The topological polar surface area (TPSA) is 25.8 Å². The Morgan fingerprint density at radius 2 is 0.768 bits per heavy atom. The number of rotatable bonds is 5. The molecule has 2 aliphatic rings. The van der Waals surface area contributed by atoms with Crippen molar-refractivity contribution in [3.05, 3.63) is 229 Å². The summed E-state index contributed by atoms with van der Waals surface area (Å²) < 4.78 is 0. The standard InChI is InChI=1S/C53H34N2S/c1-3-14-35(15-4-1)36-26-28-38(29-27-36)49-34-48(37-16-5-2-6-17-37)54-52(55-49)41-19-13-18-39(32-41)40-30-31-47-51(33-40)56-50-25-12-11-24-46(50)53(47)44-22-9-7-20-42(44)43-21-8-10-23-45(43)53/h1-34H. The predicted molar refractivity (Wildman–Crippen MR) is 231 cm³/mol. The van der Waals surface area contributed by atoms with E-state index in [1.54, 1.807) is 0 Å². The van der Waals surface area contributed by atoms with Gasteiger partial charge in [0.1, 0.15) is 0 Å². The lowest BCUT2D eigenvalue weighted by Gasteiger charge is -2.39. The fourth-order valence-electron chi connectivity index (χ4n) is 8.82. The third-order valence-corrected chi connectivity index (χ3v) is 12.5. The van der Waals surface area contributed by atoms with Gasteiger partial charge in [0.25, 0.3) is 0 Å². The maximum absolute atomic E-state index is 5.21. The first kappa shape index (κ1) is 32.6. The summed E-state index contributed by atoms with van der Waals surface area (Å²) in [6.07, 6.45) is 0. The Balaban J connectivity index is 1.02. The highest BCUT2D eigenvalue weighted by Gasteiger charge is 2.50. The number of fused-ring (bicyclic) bond motifs is 9. The molecule has 262 valence electrons. The summed E-state index contributed by atoms with van der Waals surface area (Å²) in [6.45, 7) is 0. The minimum absolute atomic E-state index is 0.383. The van der Waals surface area contributed by atoms with E-state index in [0.29, 0.717) is 5.82 Å². The Labute approximate surface area is 331 Å². The van der Waals surface area contributed by atoms with Gasteiger partial charge in [-0.25, -0.2) is 9.97 Å². The first-order chi connectivity index (χ1) is 27.7. The van der Waals surface area contributed by atoms with Gasteiger partial charge in [0.2, 0.25) is 0 Å². The molecule has 0 fully saturated rings. The summed E-state index contributed by atoms with van der Waals surface area (Å²) >= 11 is 1.88. The van der Waals surface area contributed by atoms with Crippen molar-refractivity contribution in [3.63, 3.8) is 0 Å². The molecule has 0 unspecified atom stereocenters. The van der Waals surface area contributed by atoms with Gasteiger partial charge in [0.15, 0.2) is 5.82 Å². The van der Waals surface area contributed by atoms with Crippen LogP contribution in [-0.2, 0) is 5.41 Å². The third kappa shape index (κ3) is 5.20. The van der Waals surface area contributed by atoms with Crippen molar-refractivity contribution in [2.75, 3.05) is 0 Å². The molecule has 1 spiro atoms. The van der Waals surface area contributed by atoms with Gasteiger partial charge in [-0.1, -0.05) is 194 Å². The Hall–Kier alpha value is -6.81. The Bertz CT molecular complexity index is 2890. The van der Waals surface area contributed by atoms with E-state index in [2.05, 4.69) is 194 Å². The smallest absolute Gasteiger partial charge is 0.160 e. The maximum Gasteiger partial charge on any atom is 0.160 e. The zero-order valence-corrected chi connectivity index (χ0v) is 31.2. The second kappa shape index (κ2) is 13.2. The highest BCUT2D eigenvalue weighted by Crippen LogP contribution is 2.62. The summed E-state index contributed by atoms with van der Waals surface area (Å²) in [5.74, 6) is 0.703. The van der Waals surface area contributed by atoms with E-state index in [1.165, 1.54) is 59.9 Å². The van der Waals surface area contributed by atoms with Crippen LogP contribution in [0.5, 0.6) is 0 Å². The lowest BCUT2D eigenvalue weighted by molar-refractivity contribution is 0.722. The monoisotopic (exact) mass is 730 g/mol. The molecule has 2 nitrogen and oxygen atoms in total. The first-order valence-corrected chi connectivity index (χ1v) is 19.9. The van der Waals surface area contributed by atoms with Crippen LogP contribution in [0.15, 0.2) is 216 Å². The highest BCUT2D eigenvalue weighted by molar-refractivity contribution is 7.99. The minimum Gasteiger partial charge on any atom is -0.228 e. The van der Waals surface area contributed by atoms with Crippen LogP contribution in [0.25, 0.3) is 67.3 Å². The van der Waals surface area contributed by atoms with Gasteiger partial charge in [-0.3, -0.25) is 0 Å². The molecule has 1 aliphatic heterocycles. The molecule has 11 rings (SSSR count). The van der Waals surface area contributed by atoms with Crippen LogP contribution in [0.1, 0.15) is 22.3 Å². The number of benzene rings is 8. The Morgan fingerprint density at radius 3 is 1.46 bits per heavy atom. The van der Waals surface area contributed by atoms with Crippen molar-refractivity contribution in [1.82, 2.24) is 9.97 Å². The van der Waals surface area contributed by atoms with Gasteiger partial charge in [0, 0.05) is 26.5 Å². The van der Waals surface area contributed by atoms with Gasteiger partial charge >= 0.3 is 0 Å². The van der Waals surface area contributed by atoms with E-state index >= 15 is 0 Å². The lowest BCUT2D eigenvalue weighted by atomic mass is 9.67. The molecule has 0 amide bonds. The van der Waals surface area contributed by atoms with Crippen LogP contribution >= 0.6 is 11.8 Å². The van der Waals surface area contributed by atoms with Crippen LogP contribution in [-0.4, -0.2) is 9.97 Å². The summed E-state index contributed by atoms with van der Waals surface area (Å²) in [5, 5.41) is 0. The second-order valence-electron chi connectivity index (χ2n) is 14.5. The molecular weight excluding hydrogens is 697 g/mol. The van der Waals surface area contributed by atoms with Crippen molar-refractivity contribution in [2.24, 2.45) is 0 Å². The Kier molecular flexibility index (Phi) is 7.68. The number of hydrogen-bond acceptors (Lipinski definition) is 3. The van der Waals surface area contributed by atoms with Crippen LogP contribution in [0.2, 0.25) is 0 Å². The second-order valence-corrected chi connectivity index (χ2v) is 15.6.